The lowest BCUT2D eigenvalue weighted by Crippen LogP contribution is -2.22. The Morgan fingerprint density at radius 1 is 1.38 bits per heavy atom. The van der Waals surface area contributed by atoms with Crippen molar-refractivity contribution in [1.29, 1.82) is 0 Å². The van der Waals surface area contributed by atoms with E-state index in [9.17, 15) is 0 Å². The van der Waals surface area contributed by atoms with E-state index in [1.807, 2.05) is 12.1 Å². The maximum atomic E-state index is 3.54. The molecule has 0 aromatic heterocycles. The molecule has 0 spiro atoms. The van der Waals surface area contributed by atoms with E-state index in [1.165, 1.54) is 31.2 Å². The largest absolute Gasteiger partial charge is 0.312 e. The monoisotopic (exact) mass is 218 g/mol. The van der Waals surface area contributed by atoms with Gasteiger partial charge in [0.2, 0.25) is 0 Å². The molecule has 1 nitrogen and oxygen atoms in total. The van der Waals surface area contributed by atoms with Crippen LogP contribution < -0.4 is 5.32 Å². The summed E-state index contributed by atoms with van der Waals surface area (Å²) in [5.41, 5.74) is 1.33. The summed E-state index contributed by atoms with van der Waals surface area (Å²) >= 11 is 0. The van der Waals surface area contributed by atoms with Crippen LogP contribution in [0.3, 0.4) is 0 Å². The number of hydrogen-bond acceptors (Lipinski definition) is 1. The first-order valence-corrected chi connectivity index (χ1v) is 6.52. The lowest BCUT2D eigenvalue weighted by Gasteiger charge is -2.15. The highest BCUT2D eigenvalue weighted by Gasteiger charge is 2.04. The third kappa shape index (κ3) is 5.32. The molecular formula is C15H24N. The lowest BCUT2D eigenvalue weighted by atomic mass is 9.99. The van der Waals surface area contributed by atoms with Crippen LogP contribution in [0.2, 0.25) is 0 Å². The average Bonchev–Trinajstić information content (AvgIpc) is 2.35. The standard InChI is InChI=1S/C15H24N/c1-3-5-9-14(4-2)12-16-13-15-10-7-6-8-11-15/h6-7,10-11,14,16H,3-5,9,12-13H2,1-2H3. The molecule has 1 radical (unpaired) electrons. The van der Waals surface area contributed by atoms with Gasteiger partial charge in [0.15, 0.2) is 0 Å². The van der Waals surface area contributed by atoms with Gasteiger partial charge in [0.25, 0.3) is 0 Å². The topological polar surface area (TPSA) is 12.0 Å². The van der Waals surface area contributed by atoms with Crippen molar-refractivity contribution >= 4 is 0 Å². The molecule has 1 rings (SSSR count). The van der Waals surface area contributed by atoms with Crippen LogP contribution in [-0.4, -0.2) is 6.54 Å². The van der Waals surface area contributed by atoms with Crippen LogP contribution in [0.25, 0.3) is 0 Å². The van der Waals surface area contributed by atoms with Crippen molar-refractivity contribution in [3.63, 3.8) is 0 Å². The van der Waals surface area contributed by atoms with Gasteiger partial charge in [0.05, 0.1) is 0 Å². The molecule has 1 aromatic carbocycles. The van der Waals surface area contributed by atoms with Gasteiger partial charge in [-0.05, 0) is 36.6 Å². The quantitative estimate of drug-likeness (QED) is 0.700. The fourth-order valence-corrected chi connectivity index (χ4v) is 1.90. The first-order valence-electron chi connectivity index (χ1n) is 6.52. The van der Waals surface area contributed by atoms with Crippen LogP contribution in [0.1, 0.15) is 45.1 Å². The fourth-order valence-electron chi connectivity index (χ4n) is 1.90. The Morgan fingerprint density at radius 2 is 2.25 bits per heavy atom. The highest BCUT2D eigenvalue weighted by atomic mass is 14.9. The van der Waals surface area contributed by atoms with Crippen molar-refractivity contribution in [2.75, 3.05) is 6.54 Å². The predicted molar refractivity (Wildman–Crippen MR) is 70.3 cm³/mol. The molecule has 1 aromatic rings. The second-order valence-electron chi connectivity index (χ2n) is 4.46. The van der Waals surface area contributed by atoms with Gasteiger partial charge in [-0.2, -0.15) is 0 Å². The van der Waals surface area contributed by atoms with Crippen molar-refractivity contribution in [2.45, 2.75) is 46.1 Å². The van der Waals surface area contributed by atoms with Crippen molar-refractivity contribution in [1.82, 2.24) is 5.32 Å². The molecule has 0 amide bonds. The molecule has 89 valence electrons. The van der Waals surface area contributed by atoms with E-state index in [2.05, 4.69) is 37.4 Å². The minimum Gasteiger partial charge on any atom is -0.312 e. The minimum atomic E-state index is 0.840. The van der Waals surface area contributed by atoms with Crippen LogP contribution in [0.15, 0.2) is 24.3 Å². The molecule has 1 N–H and O–H groups in total. The van der Waals surface area contributed by atoms with Crippen LogP contribution in [0.5, 0.6) is 0 Å². The Bertz CT molecular complexity index is 255. The van der Waals surface area contributed by atoms with Crippen molar-refractivity contribution in [3.05, 3.63) is 35.9 Å². The van der Waals surface area contributed by atoms with E-state index in [0.717, 1.165) is 19.0 Å². The molecule has 0 heterocycles. The molecule has 0 saturated carbocycles. The van der Waals surface area contributed by atoms with E-state index in [-0.39, 0.29) is 0 Å². The third-order valence-corrected chi connectivity index (χ3v) is 3.08. The van der Waals surface area contributed by atoms with Gasteiger partial charge in [0, 0.05) is 6.54 Å². The summed E-state index contributed by atoms with van der Waals surface area (Å²) in [5.74, 6) is 0.840. The van der Waals surface area contributed by atoms with Gasteiger partial charge in [-0.3, -0.25) is 0 Å². The Labute approximate surface area is 100 Å². The smallest absolute Gasteiger partial charge is 0.0205 e. The highest BCUT2D eigenvalue weighted by molar-refractivity contribution is 5.13. The van der Waals surface area contributed by atoms with Gasteiger partial charge < -0.3 is 5.32 Å². The zero-order chi connectivity index (χ0) is 11.6. The fraction of sp³-hybridized carbons (Fsp3) is 0.600. The van der Waals surface area contributed by atoms with Gasteiger partial charge >= 0.3 is 0 Å². The Balaban J connectivity index is 2.18. The summed E-state index contributed by atoms with van der Waals surface area (Å²) in [6, 6.07) is 11.3. The first kappa shape index (κ1) is 13.2. The average molecular weight is 218 g/mol. The van der Waals surface area contributed by atoms with E-state index in [4.69, 9.17) is 0 Å². The number of rotatable bonds is 8. The van der Waals surface area contributed by atoms with Gasteiger partial charge in [0.1, 0.15) is 0 Å². The van der Waals surface area contributed by atoms with Gasteiger partial charge in [-0.25, -0.2) is 0 Å². The summed E-state index contributed by atoms with van der Waals surface area (Å²) < 4.78 is 0. The van der Waals surface area contributed by atoms with E-state index in [0.29, 0.717) is 0 Å². The molecule has 0 aliphatic carbocycles. The SMILES string of the molecule is CCCCC(CC)CNCc1c[c]ccc1. The molecule has 16 heavy (non-hydrogen) atoms. The summed E-state index contributed by atoms with van der Waals surface area (Å²) in [4.78, 5) is 0. The first-order chi connectivity index (χ1) is 7.86. The molecule has 1 heteroatoms. The zero-order valence-electron chi connectivity index (χ0n) is 10.6. The molecule has 0 saturated heterocycles. The number of benzene rings is 1. The van der Waals surface area contributed by atoms with Crippen molar-refractivity contribution < 1.29 is 0 Å². The van der Waals surface area contributed by atoms with E-state index < -0.39 is 0 Å². The Kier molecular flexibility index (Phi) is 6.91. The lowest BCUT2D eigenvalue weighted by molar-refractivity contribution is 0.419. The predicted octanol–water partition coefficient (Wildman–Crippen LogP) is 3.79. The van der Waals surface area contributed by atoms with E-state index >= 15 is 0 Å². The number of hydrogen-bond donors (Lipinski definition) is 1. The molecule has 1 unspecified atom stereocenters. The van der Waals surface area contributed by atoms with Crippen LogP contribution in [0, 0.1) is 12.0 Å². The molecular weight excluding hydrogens is 194 g/mol. The summed E-state index contributed by atoms with van der Waals surface area (Å²) in [7, 11) is 0. The molecule has 0 bridgehead atoms. The summed E-state index contributed by atoms with van der Waals surface area (Å²) in [6.45, 7) is 6.67. The van der Waals surface area contributed by atoms with Crippen LogP contribution in [-0.2, 0) is 6.54 Å². The van der Waals surface area contributed by atoms with Gasteiger partial charge in [-0.1, -0.05) is 51.3 Å². The molecule has 0 fully saturated rings. The zero-order valence-corrected chi connectivity index (χ0v) is 10.6. The molecule has 1 atom stereocenters. The summed E-state index contributed by atoms with van der Waals surface area (Å²) in [6.07, 6.45) is 5.32. The van der Waals surface area contributed by atoms with Crippen molar-refractivity contribution in [3.8, 4) is 0 Å². The number of unbranched alkanes of at least 4 members (excludes halogenated alkanes) is 1. The second-order valence-corrected chi connectivity index (χ2v) is 4.46. The van der Waals surface area contributed by atoms with Crippen LogP contribution in [0.4, 0.5) is 0 Å². The Morgan fingerprint density at radius 3 is 2.88 bits per heavy atom. The van der Waals surface area contributed by atoms with E-state index in [1.54, 1.807) is 0 Å². The molecule has 0 aliphatic heterocycles. The normalized spacial score (nSPS) is 12.6. The third-order valence-electron chi connectivity index (χ3n) is 3.08. The highest BCUT2D eigenvalue weighted by Crippen LogP contribution is 2.11. The van der Waals surface area contributed by atoms with Crippen molar-refractivity contribution in [2.24, 2.45) is 5.92 Å². The minimum absolute atomic E-state index is 0.840. The van der Waals surface area contributed by atoms with Crippen LogP contribution >= 0.6 is 0 Å². The maximum absolute atomic E-state index is 3.54. The number of nitrogens with one attached hydrogen (secondary N) is 1. The summed E-state index contributed by atoms with van der Waals surface area (Å²) in [5, 5.41) is 3.54. The van der Waals surface area contributed by atoms with Gasteiger partial charge in [-0.15, -0.1) is 0 Å². The molecule has 0 aliphatic rings. The second kappa shape index (κ2) is 8.35. The Hall–Kier alpha value is -0.820. The maximum Gasteiger partial charge on any atom is 0.0205 e.